The molecule has 254 valence electrons. The van der Waals surface area contributed by atoms with Gasteiger partial charge in [-0.3, -0.25) is 0 Å². The zero-order valence-electron chi connectivity index (χ0n) is 29.6. The highest BCUT2D eigenvalue weighted by atomic mass is 32.1. The number of hydrogen-bond acceptors (Lipinski definition) is 2. The van der Waals surface area contributed by atoms with E-state index in [1.165, 1.54) is 75.5 Å². The Hall–Kier alpha value is -6.74. The van der Waals surface area contributed by atoms with Gasteiger partial charge in [-0.25, -0.2) is 0 Å². The summed E-state index contributed by atoms with van der Waals surface area (Å²) >= 11 is 1.87. The van der Waals surface area contributed by atoms with Crippen LogP contribution < -0.4 is 4.90 Å². The summed E-state index contributed by atoms with van der Waals surface area (Å²) in [4.78, 5) is 2.42. The molecule has 0 spiro atoms. The second-order valence-electron chi connectivity index (χ2n) is 13.7. The van der Waals surface area contributed by atoms with Crippen molar-refractivity contribution in [3.8, 4) is 44.5 Å². The van der Waals surface area contributed by atoms with Crippen LogP contribution in [-0.4, -0.2) is 0 Å². The number of fused-ring (bicyclic) bond motifs is 4. The number of hydrogen-bond donors (Lipinski definition) is 0. The van der Waals surface area contributed by atoms with Gasteiger partial charge in [-0.15, -0.1) is 11.3 Å². The van der Waals surface area contributed by atoms with E-state index in [-0.39, 0.29) is 0 Å². The molecule has 9 aromatic carbocycles. The van der Waals surface area contributed by atoms with Crippen LogP contribution in [0.2, 0.25) is 0 Å². The van der Waals surface area contributed by atoms with E-state index in [4.69, 9.17) is 0 Å². The van der Waals surface area contributed by atoms with E-state index >= 15 is 0 Å². The molecule has 0 aliphatic carbocycles. The lowest BCUT2D eigenvalue weighted by Gasteiger charge is -2.28. The molecule has 0 unspecified atom stereocenters. The van der Waals surface area contributed by atoms with E-state index in [0.717, 1.165) is 17.1 Å². The molecule has 0 N–H and O–H groups in total. The first-order chi connectivity index (χ1) is 26.8. The Kier molecular flexibility index (Phi) is 8.09. The number of anilines is 3. The molecule has 0 bridgehead atoms. The Morgan fingerprint density at radius 2 is 0.870 bits per heavy atom. The lowest BCUT2D eigenvalue weighted by molar-refractivity contribution is 1.29. The Morgan fingerprint density at radius 3 is 1.67 bits per heavy atom. The van der Waals surface area contributed by atoms with Crippen molar-refractivity contribution >= 4 is 59.3 Å². The van der Waals surface area contributed by atoms with Gasteiger partial charge in [-0.05, 0) is 92.2 Å². The molecule has 0 saturated heterocycles. The molecule has 1 aromatic heterocycles. The van der Waals surface area contributed by atoms with Gasteiger partial charge >= 0.3 is 0 Å². The van der Waals surface area contributed by atoms with Crippen molar-refractivity contribution in [3.63, 3.8) is 0 Å². The van der Waals surface area contributed by atoms with Crippen molar-refractivity contribution in [2.75, 3.05) is 4.90 Å². The molecular weight excluding hydrogens is 671 g/mol. The standard InChI is InChI=1S/C52H35NS/c1-3-12-36(13-4-1)38-22-25-41(26-23-38)47-19-11-21-50-52(47)48-33-32-45(35-51(48)54-50)53(49-20-10-9-18-46(49)40-15-5-2-6-16-40)44-30-28-39(29-31-44)43-27-24-37-14-7-8-17-42(37)34-43/h1-35H. The third kappa shape index (κ3) is 5.84. The van der Waals surface area contributed by atoms with Gasteiger partial charge in [0.15, 0.2) is 0 Å². The number of rotatable bonds is 7. The minimum absolute atomic E-state index is 1.11. The molecular formula is C52H35NS. The van der Waals surface area contributed by atoms with Crippen LogP contribution in [0, 0.1) is 0 Å². The maximum atomic E-state index is 2.42. The highest BCUT2D eigenvalue weighted by molar-refractivity contribution is 7.26. The van der Waals surface area contributed by atoms with Crippen LogP contribution >= 0.6 is 11.3 Å². The highest BCUT2D eigenvalue weighted by Gasteiger charge is 2.19. The zero-order valence-corrected chi connectivity index (χ0v) is 30.4. The first-order valence-electron chi connectivity index (χ1n) is 18.4. The largest absolute Gasteiger partial charge is 0.310 e. The molecule has 10 aromatic rings. The Bertz CT molecular complexity index is 2910. The van der Waals surface area contributed by atoms with E-state index in [2.05, 4.69) is 217 Å². The third-order valence-corrected chi connectivity index (χ3v) is 11.6. The summed E-state index contributed by atoms with van der Waals surface area (Å²) in [6.07, 6.45) is 0. The fourth-order valence-corrected chi connectivity index (χ4v) is 8.96. The molecule has 0 radical (unpaired) electrons. The van der Waals surface area contributed by atoms with Crippen molar-refractivity contribution in [3.05, 3.63) is 212 Å². The molecule has 10 rings (SSSR count). The van der Waals surface area contributed by atoms with Crippen LogP contribution in [0.3, 0.4) is 0 Å². The van der Waals surface area contributed by atoms with Gasteiger partial charge in [-0.2, -0.15) is 0 Å². The van der Waals surface area contributed by atoms with E-state index in [0.29, 0.717) is 0 Å². The van der Waals surface area contributed by atoms with E-state index < -0.39 is 0 Å². The molecule has 0 aliphatic rings. The van der Waals surface area contributed by atoms with Crippen LogP contribution in [0.5, 0.6) is 0 Å². The van der Waals surface area contributed by atoms with Crippen molar-refractivity contribution in [1.29, 1.82) is 0 Å². The highest BCUT2D eigenvalue weighted by Crippen LogP contribution is 2.46. The van der Waals surface area contributed by atoms with Crippen molar-refractivity contribution in [2.45, 2.75) is 0 Å². The first kappa shape index (κ1) is 32.0. The Labute approximate surface area is 319 Å². The van der Waals surface area contributed by atoms with Gasteiger partial charge in [0, 0.05) is 37.1 Å². The summed E-state index contributed by atoms with van der Waals surface area (Å²) < 4.78 is 2.56. The number of benzene rings is 9. The predicted octanol–water partition coefficient (Wildman–Crippen LogP) is 15.3. The van der Waals surface area contributed by atoms with Crippen LogP contribution in [0.1, 0.15) is 0 Å². The average Bonchev–Trinajstić information content (AvgIpc) is 3.63. The topological polar surface area (TPSA) is 3.24 Å². The summed E-state index contributed by atoms with van der Waals surface area (Å²) in [5.74, 6) is 0. The maximum Gasteiger partial charge on any atom is 0.0540 e. The second-order valence-corrected chi connectivity index (χ2v) is 14.8. The summed E-state index contributed by atoms with van der Waals surface area (Å²) in [7, 11) is 0. The van der Waals surface area contributed by atoms with Crippen LogP contribution in [0.15, 0.2) is 212 Å². The van der Waals surface area contributed by atoms with Crippen molar-refractivity contribution in [2.24, 2.45) is 0 Å². The molecule has 0 aliphatic heterocycles. The van der Waals surface area contributed by atoms with Crippen molar-refractivity contribution in [1.82, 2.24) is 0 Å². The predicted molar refractivity (Wildman–Crippen MR) is 233 cm³/mol. The summed E-state index contributed by atoms with van der Waals surface area (Å²) in [5, 5.41) is 5.10. The summed E-state index contributed by atoms with van der Waals surface area (Å²) in [6.45, 7) is 0. The monoisotopic (exact) mass is 705 g/mol. The van der Waals surface area contributed by atoms with Gasteiger partial charge in [0.05, 0.1) is 5.69 Å². The van der Waals surface area contributed by atoms with Gasteiger partial charge in [0.25, 0.3) is 0 Å². The van der Waals surface area contributed by atoms with E-state index in [9.17, 15) is 0 Å². The average molecular weight is 706 g/mol. The van der Waals surface area contributed by atoms with E-state index in [1.54, 1.807) is 0 Å². The third-order valence-electron chi connectivity index (χ3n) is 10.5. The van der Waals surface area contributed by atoms with Gasteiger partial charge in [-0.1, -0.05) is 170 Å². The van der Waals surface area contributed by atoms with Gasteiger partial charge < -0.3 is 4.90 Å². The molecule has 0 amide bonds. The number of thiophene rings is 1. The Morgan fingerprint density at radius 1 is 0.315 bits per heavy atom. The first-order valence-corrected chi connectivity index (χ1v) is 19.2. The number of nitrogens with zero attached hydrogens (tertiary/aromatic N) is 1. The van der Waals surface area contributed by atoms with Gasteiger partial charge in [0.1, 0.15) is 0 Å². The van der Waals surface area contributed by atoms with Crippen LogP contribution in [0.4, 0.5) is 17.1 Å². The number of para-hydroxylation sites is 1. The minimum Gasteiger partial charge on any atom is -0.310 e. The zero-order chi connectivity index (χ0) is 35.8. The molecule has 1 heterocycles. The Balaban J connectivity index is 1.09. The molecule has 0 atom stereocenters. The van der Waals surface area contributed by atoms with Gasteiger partial charge in [0.2, 0.25) is 0 Å². The lowest BCUT2D eigenvalue weighted by atomic mass is 9.97. The summed E-state index contributed by atoms with van der Waals surface area (Å²) in [5.41, 5.74) is 13.1. The fraction of sp³-hybridized carbons (Fsp3) is 0. The molecule has 0 fully saturated rings. The SMILES string of the molecule is c1ccc(-c2ccc(-c3cccc4sc5cc(N(c6ccc(-c7ccc8ccccc8c7)cc6)c6ccccc6-c6ccccc6)ccc5c34)cc2)cc1. The van der Waals surface area contributed by atoms with Crippen molar-refractivity contribution < 1.29 is 0 Å². The minimum atomic E-state index is 1.11. The quantitative estimate of drug-likeness (QED) is 0.160. The normalized spacial score (nSPS) is 11.3. The second kappa shape index (κ2) is 13.7. The molecule has 54 heavy (non-hydrogen) atoms. The maximum absolute atomic E-state index is 2.42. The lowest BCUT2D eigenvalue weighted by Crippen LogP contribution is -2.11. The summed E-state index contributed by atoms with van der Waals surface area (Å²) in [6, 6.07) is 77.1. The molecule has 2 heteroatoms. The molecule has 1 nitrogen and oxygen atoms in total. The fourth-order valence-electron chi connectivity index (χ4n) is 7.80. The molecule has 0 saturated carbocycles. The van der Waals surface area contributed by atoms with Crippen LogP contribution in [0.25, 0.3) is 75.5 Å². The van der Waals surface area contributed by atoms with Crippen LogP contribution in [-0.2, 0) is 0 Å². The van der Waals surface area contributed by atoms with E-state index in [1.807, 2.05) is 11.3 Å². The smallest absolute Gasteiger partial charge is 0.0540 e.